The molecule has 1 N–H and O–H groups in total. The van der Waals surface area contributed by atoms with Crippen LogP contribution in [0.4, 0.5) is 4.79 Å². The number of hydrogen-bond acceptors (Lipinski definition) is 3. The van der Waals surface area contributed by atoms with Gasteiger partial charge in [-0.3, -0.25) is 4.79 Å². The Morgan fingerprint density at radius 1 is 1.11 bits per heavy atom. The second kappa shape index (κ2) is 8.74. The smallest absolute Gasteiger partial charge is 0.323 e. The molecule has 0 bridgehead atoms. The molecule has 0 aromatic carbocycles. The van der Waals surface area contributed by atoms with Crippen LogP contribution in [-0.4, -0.2) is 78.1 Å². The van der Waals surface area contributed by atoms with Gasteiger partial charge in [-0.1, -0.05) is 6.92 Å². The minimum atomic E-state index is -0.980. The maximum Gasteiger partial charge on any atom is 0.323 e. The Balaban J connectivity index is 4.75. The van der Waals surface area contributed by atoms with Crippen molar-refractivity contribution in [1.82, 2.24) is 14.7 Å². The van der Waals surface area contributed by atoms with E-state index in [0.717, 1.165) is 13.0 Å². The molecule has 0 fully saturated rings. The summed E-state index contributed by atoms with van der Waals surface area (Å²) in [5.74, 6) is -0.980. The van der Waals surface area contributed by atoms with Gasteiger partial charge in [0, 0.05) is 25.7 Å². The lowest BCUT2D eigenvalue weighted by Gasteiger charge is -2.32. The number of likely N-dealkylation sites (N-methyl/N-ethyl adjacent to an activating group) is 1. The van der Waals surface area contributed by atoms with E-state index in [4.69, 9.17) is 5.11 Å². The standard InChI is InChI=1S/C13H27N3O3/c1-6-7-15(9-8-14(4)5)13(19)16(11(2)3)10-12(17)18/h11H,6-10H2,1-5H3,(H,17,18). The van der Waals surface area contributed by atoms with Crippen LogP contribution >= 0.6 is 0 Å². The highest BCUT2D eigenvalue weighted by Gasteiger charge is 2.24. The Labute approximate surface area is 116 Å². The van der Waals surface area contributed by atoms with Crippen LogP contribution in [0.3, 0.4) is 0 Å². The average molecular weight is 273 g/mol. The van der Waals surface area contributed by atoms with Crippen LogP contribution in [0.5, 0.6) is 0 Å². The molecule has 112 valence electrons. The summed E-state index contributed by atoms with van der Waals surface area (Å²) in [6.07, 6.45) is 0.859. The summed E-state index contributed by atoms with van der Waals surface area (Å²) in [7, 11) is 3.90. The van der Waals surface area contributed by atoms with Crippen molar-refractivity contribution in [2.24, 2.45) is 0 Å². The molecule has 0 radical (unpaired) electrons. The number of urea groups is 1. The highest BCUT2D eigenvalue weighted by atomic mass is 16.4. The van der Waals surface area contributed by atoms with Crippen molar-refractivity contribution in [2.45, 2.75) is 33.2 Å². The first-order valence-corrected chi connectivity index (χ1v) is 6.71. The molecule has 0 aliphatic rings. The van der Waals surface area contributed by atoms with Crippen LogP contribution in [0.2, 0.25) is 0 Å². The summed E-state index contributed by atoms with van der Waals surface area (Å²) in [5.41, 5.74) is 0. The Kier molecular flexibility index (Phi) is 8.14. The highest BCUT2D eigenvalue weighted by Crippen LogP contribution is 2.06. The molecule has 6 nitrogen and oxygen atoms in total. The van der Waals surface area contributed by atoms with Crippen LogP contribution < -0.4 is 0 Å². The molecule has 0 saturated heterocycles. The molecule has 0 rings (SSSR count). The van der Waals surface area contributed by atoms with E-state index in [1.54, 1.807) is 4.90 Å². The van der Waals surface area contributed by atoms with Gasteiger partial charge in [0.25, 0.3) is 0 Å². The highest BCUT2D eigenvalue weighted by molar-refractivity contribution is 5.80. The summed E-state index contributed by atoms with van der Waals surface area (Å²) in [6.45, 7) is 7.45. The third kappa shape index (κ3) is 7.00. The van der Waals surface area contributed by atoms with E-state index in [-0.39, 0.29) is 18.6 Å². The van der Waals surface area contributed by atoms with E-state index in [0.29, 0.717) is 13.1 Å². The van der Waals surface area contributed by atoms with Crippen LogP contribution in [0.15, 0.2) is 0 Å². The first-order chi connectivity index (χ1) is 8.79. The molecule has 6 heteroatoms. The van der Waals surface area contributed by atoms with Gasteiger partial charge in [-0.15, -0.1) is 0 Å². The normalized spacial score (nSPS) is 10.9. The second-order valence-corrected chi connectivity index (χ2v) is 5.19. The molecule has 0 saturated carbocycles. The van der Waals surface area contributed by atoms with E-state index in [1.165, 1.54) is 4.90 Å². The average Bonchev–Trinajstić information content (AvgIpc) is 2.29. The number of carbonyl (C=O) groups excluding carboxylic acids is 1. The zero-order chi connectivity index (χ0) is 15.0. The number of rotatable bonds is 8. The number of carboxylic acids is 1. The number of hydrogen-bond donors (Lipinski definition) is 1. The minimum absolute atomic E-state index is 0.123. The molecule has 19 heavy (non-hydrogen) atoms. The molecule has 0 spiro atoms. The van der Waals surface area contributed by atoms with Crippen LogP contribution in [0.25, 0.3) is 0 Å². The van der Waals surface area contributed by atoms with Crippen molar-refractivity contribution in [2.75, 3.05) is 40.3 Å². The van der Waals surface area contributed by atoms with Gasteiger partial charge in [0.1, 0.15) is 6.54 Å². The fourth-order valence-corrected chi connectivity index (χ4v) is 1.69. The van der Waals surface area contributed by atoms with Gasteiger partial charge < -0.3 is 19.8 Å². The maximum absolute atomic E-state index is 12.4. The predicted molar refractivity (Wildman–Crippen MR) is 75.3 cm³/mol. The van der Waals surface area contributed by atoms with Gasteiger partial charge in [0.2, 0.25) is 0 Å². The molecule has 0 unspecified atom stereocenters. The van der Waals surface area contributed by atoms with Crippen molar-refractivity contribution >= 4 is 12.0 Å². The Hall–Kier alpha value is -1.30. The van der Waals surface area contributed by atoms with Crippen molar-refractivity contribution in [3.63, 3.8) is 0 Å². The Morgan fingerprint density at radius 2 is 1.68 bits per heavy atom. The van der Waals surface area contributed by atoms with E-state index < -0.39 is 5.97 Å². The second-order valence-electron chi connectivity index (χ2n) is 5.19. The van der Waals surface area contributed by atoms with Crippen molar-refractivity contribution in [3.05, 3.63) is 0 Å². The molecule has 0 heterocycles. The van der Waals surface area contributed by atoms with Gasteiger partial charge in [-0.25, -0.2) is 4.79 Å². The molecule has 2 amide bonds. The SMILES string of the molecule is CCCN(CCN(C)C)C(=O)N(CC(=O)O)C(C)C. The summed E-state index contributed by atoms with van der Waals surface area (Å²) in [4.78, 5) is 28.4. The topological polar surface area (TPSA) is 64.1 Å². The number of carbonyl (C=O) groups is 2. The minimum Gasteiger partial charge on any atom is -0.480 e. The zero-order valence-corrected chi connectivity index (χ0v) is 12.7. The lowest BCUT2D eigenvalue weighted by molar-refractivity contribution is -0.138. The van der Waals surface area contributed by atoms with Crippen molar-refractivity contribution in [1.29, 1.82) is 0 Å². The third-order valence-corrected chi connectivity index (χ3v) is 2.76. The third-order valence-electron chi connectivity index (χ3n) is 2.76. The maximum atomic E-state index is 12.4. The van der Waals surface area contributed by atoms with Gasteiger partial charge >= 0.3 is 12.0 Å². The van der Waals surface area contributed by atoms with E-state index in [2.05, 4.69) is 0 Å². The lowest BCUT2D eigenvalue weighted by atomic mass is 10.3. The number of nitrogens with zero attached hydrogens (tertiary/aromatic N) is 3. The molecule has 0 aromatic rings. The van der Waals surface area contributed by atoms with E-state index in [9.17, 15) is 9.59 Å². The quantitative estimate of drug-likeness (QED) is 0.721. The zero-order valence-electron chi connectivity index (χ0n) is 12.7. The van der Waals surface area contributed by atoms with Gasteiger partial charge in [0.15, 0.2) is 0 Å². The molecule has 0 aliphatic heterocycles. The lowest BCUT2D eigenvalue weighted by Crippen LogP contribution is -2.50. The van der Waals surface area contributed by atoms with Gasteiger partial charge in [-0.2, -0.15) is 0 Å². The van der Waals surface area contributed by atoms with Gasteiger partial charge in [-0.05, 0) is 34.4 Å². The Morgan fingerprint density at radius 3 is 2.05 bits per heavy atom. The molecule has 0 atom stereocenters. The largest absolute Gasteiger partial charge is 0.480 e. The van der Waals surface area contributed by atoms with Crippen LogP contribution in [0.1, 0.15) is 27.2 Å². The molecular formula is C13H27N3O3. The van der Waals surface area contributed by atoms with Crippen LogP contribution in [-0.2, 0) is 4.79 Å². The monoisotopic (exact) mass is 273 g/mol. The summed E-state index contributed by atoms with van der Waals surface area (Å²) in [6, 6.07) is -0.316. The van der Waals surface area contributed by atoms with Gasteiger partial charge in [0.05, 0.1) is 0 Å². The van der Waals surface area contributed by atoms with E-state index in [1.807, 2.05) is 39.8 Å². The number of aliphatic carboxylic acids is 1. The first kappa shape index (κ1) is 17.7. The molecule has 0 aliphatic carbocycles. The number of carboxylic acid groups (broad SMARTS) is 1. The van der Waals surface area contributed by atoms with Crippen molar-refractivity contribution in [3.8, 4) is 0 Å². The molecular weight excluding hydrogens is 246 g/mol. The molecule has 0 aromatic heterocycles. The first-order valence-electron chi connectivity index (χ1n) is 6.71. The predicted octanol–water partition coefficient (Wildman–Crippen LogP) is 1.18. The van der Waals surface area contributed by atoms with Crippen LogP contribution in [0, 0.1) is 0 Å². The Bertz CT molecular complexity index is 293. The number of amides is 2. The summed E-state index contributed by atoms with van der Waals surface area (Å²) >= 11 is 0. The van der Waals surface area contributed by atoms with E-state index >= 15 is 0 Å². The summed E-state index contributed by atoms with van der Waals surface area (Å²) < 4.78 is 0. The summed E-state index contributed by atoms with van der Waals surface area (Å²) in [5, 5.41) is 8.89. The fourth-order valence-electron chi connectivity index (χ4n) is 1.69. The fraction of sp³-hybridized carbons (Fsp3) is 0.846. The van der Waals surface area contributed by atoms with Crippen molar-refractivity contribution < 1.29 is 14.7 Å².